The predicted octanol–water partition coefficient (Wildman–Crippen LogP) is 2.35. The Kier molecular flexibility index (Phi) is 6.33. The number of benzene rings is 1. The summed E-state index contributed by atoms with van der Waals surface area (Å²) in [6, 6.07) is 6.17. The normalized spacial score (nSPS) is 14.5. The molecule has 0 aromatic heterocycles. The van der Waals surface area contributed by atoms with E-state index >= 15 is 0 Å². The highest BCUT2D eigenvalue weighted by Crippen LogP contribution is 2.19. The van der Waals surface area contributed by atoms with Gasteiger partial charge in [-0.2, -0.15) is 0 Å². The summed E-state index contributed by atoms with van der Waals surface area (Å²) >= 11 is 0. The Bertz CT molecular complexity index is 366. The van der Waals surface area contributed by atoms with Gasteiger partial charge in [-0.25, -0.2) is 0 Å². The molecule has 3 nitrogen and oxygen atoms in total. The number of aliphatic hydroxyl groups is 1. The molecular formula is C15H25NO2. The molecule has 3 heteroatoms. The fourth-order valence-corrected chi connectivity index (χ4v) is 1.90. The van der Waals surface area contributed by atoms with Crippen molar-refractivity contribution < 1.29 is 9.84 Å². The van der Waals surface area contributed by atoms with E-state index in [0.29, 0.717) is 0 Å². The number of nitrogens with one attached hydrogen (secondary N) is 1. The lowest BCUT2D eigenvalue weighted by molar-refractivity contribution is 0.132. The predicted molar refractivity (Wildman–Crippen MR) is 74.8 cm³/mol. The molecule has 0 fully saturated rings. The van der Waals surface area contributed by atoms with Crippen LogP contribution >= 0.6 is 0 Å². The third kappa shape index (κ3) is 4.41. The average Bonchev–Trinajstić information content (AvgIpc) is 2.37. The fraction of sp³-hybridized carbons (Fsp3) is 0.600. The van der Waals surface area contributed by atoms with Crippen LogP contribution in [0, 0.1) is 13.8 Å². The maximum absolute atomic E-state index is 10.3. The Labute approximate surface area is 110 Å². The lowest BCUT2D eigenvalue weighted by Crippen LogP contribution is -2.33. The van der Waals surface area contributed by atoms with Gasteiger partial charge in [0.25, 0.3) is 0 Å². The van der Waals surface area contributed by atoms with Crippen LogP contribution in [0.5, 0.6) is 0 Å². The first kappa shape index (κ1) is 15.2. The summed E-state index contributed by atoms with van der Waals surface area (Å²) in [4.78, 5) is 0. The number of methoxy groups -OCH3 is 1. The smallest absolute Gasteiger partial charge is 0.0940 e. The number of hydrogen-bond donors (Lipinski definition) is 2. The van der Waals surface area contributed by atoms with Gasteiger partial charge in [-0.05, 0) is 50.4 Å². The molecule has 2 N–H and O–H groups in total. The standard InChI is InChI=1S/C15H25NO2/c1-11-6-7-14(10-12(11)2)15(17)13(3)16-8-5-9-18-4/h6-7,10,13,15-17H,5,8-9H2,1-4H3. The van der Waals surface area contributed by atoms with Crippen molar-refractivity contribution in [2.24, 2.45) is 0 Å². The van der Waals surface area contributed by atoms with Gasteiger partial charge in [-0.15, -0.1) is 0 Å². The number of aliphatic hydroxyl groups excluding tert-OH is 1. The number of aryl methyl sites for hydroxylation is 2. The third-order valence-electron chi connectivity index (χ3n) is 3.34. The molecule has 0 bridgehead atoms. The summed E-state index contributed by atoms with van der Waals surface area (Å²) in [7, 11) is 1.70. The van der Waals surface area contributed by atoms with Gasteiger partial charge in [0.15, 0.2) is 0 Å². The summed E-state index contributed by atoms with van der Waals surface area (Å²) in [5.41, 5.74) is 3.45. The van der Waals surface area contributed by atoms with Crippen molar-refractivity contribution in [3.63, 3.8) is 0 Å². The number of ether oxygens (including phenoxy) is 1. The molecule has 1 aromatic rings. The first-order chi connectivity index (χ1) is 8.56. The van der Waals surface area contributed by atoms with Gasteiger partial charge in [-0.3, -0.25) is 0 Å². The highest BCUT2D eigenvalue weighted by Gasteiger charge is 2.15. The van der Waals surface area contributed by atoms with Crippen LogP contribution in [0.15, 0.2) is 18.2 Å². The third-order valence-corrected chi connectivity index (χ3v) is 3.34. The summed E-state index contributed by atoms with van der Waals surface area (Å²) in [6.07, 6.45) is 0.493. The van der Waals surface area contributed by atoms with Crippen molar-refractivity contribution in [1.29, 1.82) is 0 Å². The Balaban J connectivity index is 2.51. The van der Waals surface area contributed by atoms with Gasteiger partial charge in [0, 0.05) is 19.8 Å². The van der Waals surface area contributed by atoms with Crippen LogP contribution in [-0.4, -0.2) is 31.4 Å². The number of hydrogen-bond acceptors (Lipinski definition) is 3. The molecule has 0 aliphatic rings. The van der Waals surface area contributed by atoms with Crippen molar-refractivity contribution in [3.05, 3.63) is 34.9 Å². The van der Waals surface area contributed by atoms with Crippen LogP contribution in [-0.2, 0) is 4.74 Å². The van der Waals surface area contributed by atoms with Crippen LogP contribution in [0.2, 0.25) is 0 Å². The molecule has 0 aliphatic heterocycles. The number of rotatable bonds is 7. The van der Waals surface area contributed by atoms with Gasteiger partial charge < -0.3 is 15.2 Å². The molecule has 1 rings (SSSR count). The Hall–Kier alpha value is -0.900. The molecule has 0 heterocycles. The van der Waals surface area contributed by atoms with Crippen LogP contribution in [0.4, 0.5) is 0 Å². The molecule has 102 valence electrons. The van der Waals surface area contributed by atoms with Crippen molar-refractivity contribution >= 4 is 0 Å². The van der Waals surface area contributed by atoms with Crippen LogP contribution in [0.3, 0.4) is 0 Å². The zero-order valence-corrected chi connectivity index (χ0v) is 11.9. The van der Waals surface area contributed by atoms with Crippen LogP contribution in [0.25, 0.3) is 0 Å². The molecule has 0 aliphatic carbocycles. The summed E-state index contributed by atoms with van der Waals surface area (Å²) in [5, 5.41) is 13.6. The van der Waals surface area contributed by atoms with E-state index < -0.39 is 6.10 Å². The molecule has 0 spiro atoms. The molecular weight excluding hydrogens is 226 g/mol. The average molecular weight is 251 g/mol. The SMILES string of the molecule is COCCCNC(C)C(O)c1ccc(C)c(C)c1. The first-order valence-electron chi connectivity index (χ1n) is 6.53. The highest BCUT2D eigenvalue weighted by molar-refractivity contribution is 5.31. The highest BCUT2D eigenvalue weighted by atomic mass is 16.5. The topological polar surface area (TPSA) is 41.5 Å². The van der Waals surface area contributed by atoms with Crippen molar-refractivity contribution in [2.45, 2.75) is 39.3 Å². The minimum absolute atomic E-state index is 0.0453. The second-order valence-corrected chi connectivity index (χ2v) is 4.88. The van der Waals surface area contributed by atoms with Gasteiger partial charge in [0.1, 0.15) is 0 Å². The van der Waals surface area contributed by atoms with E-state index in [-0.39, 0.29) is 6.04 Å². The van der Waals surface area contributed by atoms with E-state index in [0.717, 1.165) is 25.1 Å². The Morgan fingerprint density at radius 1 is 1.28 bits per heavy atom. The van der Waals surface area contributed by atoms with Crippen LogP contribution in [0.1, 0.15) is 36.1 Å². The molecule has 2 unspecified atom stereocenters. The molecule has 18 heavy (non-hydrogen) atoms. The second kappa shape index (κ2) is 7.52. The van der Waals surface area contributed by atoms with Gasteiger partial charge in [-0.1, -0.05) is 18.2 Å². The molecule has 0 saturated carbocycles. The lowest BCUT2D eigenvalue weighted by Gasteiger charge is -2.21. The fourth-order valence-electron chi connectivity index (χ4n) is 1.90. The summed E-state index contributed by atoms with van der Waals surface area (Å²) in [6.45, 7) is 7.77. The van der Waals surface area contributed by atoms with E-state index in [1.807, 2.05) is 13.0 Å². The van der Waals surface area contributed by atoms with Crippen molar-refractivity contribution in [2.75, 3.05) is 20.3 Å². The first-order valence-corrected chi connectivity index (χ1v) is 6.53. The molecule has 0 radical (unpaired) electrons. The van der Waals surface area contributed by atoms with E-state index in [1.165, 1.54) is 11.1 Å². The van der Waals surface area contributed by atoms with Crippen LogP contribution < -0.4 is 5.32 Å². The van der Waals surface area contributed by atoms with Crippen molar-refractivity contribution in [1.82, 2.24) is 5.32 Å². The van der Waals surface area contributed by atoms with E-state index in [2.05, 4.69) is 31.3 Å². The molecule has 0 saturated heterocycles. The Morgan fingerprint density at radius 3 is 2.61 bits per heavy atom. The Morgan fingerprint density at radius 2 is 2.00 bits per heavy atom. The maximum Gasteiger partial charge on any atom is 0.0940 e. The maximum atomic E-state index is 10.3. The largest absolute Gasteiger partial charge is 0.387 e. The van der Waals surface area contributed by atoms with E-state index in [9.17, 15) is 5.11 Å². The zero-order valence-electron chi connectivity index (χ0n) is 11.9. The van der Waals surface area contributed by atoms with E-state index in [1.54, 1.807) is 7.11 Å². The van der Waals surface area contributed by atoms with Gasteiger partial charge in [0.05, 0.1) is 6.10 Å². The summed E-state index contributed by atoms with van der Waals surface area (Å²) in [5.74, 6) is 0. The lowest BCUT2D eigenvalue weighted by atomic mass is 9.99. The van der Waals surface area contributed by atoms with Crippen molar-refractivity contribution in [3.8, 4) is 0 Å². The zero-order chi connectivity index (χ0) is 13.5. The molecule has 2 atom stereocenters. The second-order valence-electron chi connectivity index (χ2n) is 4.88. The van der Waals surface area contributed by atoms with Gasteiger partial charge in [0.2, 0.25) is 0 Å². The monoisotopic (exact) mass is 251 g/mol. The molecule has 1 aromatic carbocycles. The molecule has 0 amide bonds. The van der Waals surface area contributed by atoms with Gasteiger partial charge >= 0.3 is 0 Å². The van der Waals surface area contributed by atoms with E-state index in [4.69, 9.17) is 4.74 Å². The quantitative estimate of drug-likeness (QED) is 0.731. The minimum atomic E-state index is -0.466. The minimum Gasteiger partial charge on any atom is -0.387 e. The summed E-state index contributed by atoms with van der Waals surface area (Å²) < 4.78 is 5.00.